The molecule has 11 heavy (non-hydrogen) atoms. The lowest BCUT2D eigenvalue weighted by molar-refractivity contribution is 1.08. The molecular weight excluding hydrogens is 156 g/mol. The van der Waals surface area contributed by atoms with Crippen LogP contribution in [0.5, 0.6) is 0 Å². The van der Waals surface area contributed by atoms with E-state index in [1.165, 1.54) is 16.7 Å². The summed E-state index contributed by atoms with van der Waals surface area (Å²) in [6, 6.07) is 6.03. The zero-order chi connectivity index (χ0) is 7.84. The second kappa shape index (κ2) is 2.38. The number of benzene rings is 1. The van der Waals surface area contributed by atoms with Crippen LogP contribution >= 0.6 is 11.6 Å². The first-order valence-electron chi connectivity index (χ1n) is 3.74. The Labute approximate surface area is 71.5 Å². The molecule has 2 rings (SSSR count). The summed E-state index contributed by atoms with van der Waals surface area (Å²) in [6.45, 7) is 3.98. The van der Waals surface area contributed by atoms with Crippen LogP contribution in [0.2, 0.25) is 5.02 Å². The zero-order valence-electron chi connectivity index (χ0n) is 6.23. The molecule has 0 radical (unpaired) electrons. The average molecular weight is 165 g/mol. The SMILES string of the molecule is C=C1CCc2cc(Cl)ccc21. The van der Waals surface area contributed by atoms with E-state index in [1.54, 1.807) is 0 Å². The van der Waals surface area contributed by atoms with Crippen LogP contribution in [0, 0.1) is 0 Å². The van der Waals surface area contributed by atoms with Crippen molar-refractivity contribution in [1.29, 1.82) is 0 Å². The van der Waals surface area contributed by atoms with E-state index in [9.17, 15) is 0 Å². The zero-order valence-corrected chi connectivity index (χ0v) is 6.99. The highest BCUT2D eigenvalue weighted by Crippen LogP contribution is 2.32. The van der Waals surface area contributed by atoms with Crippen LogP contribution in [0.25, 0.3) is 5.57 Å². The number of halogens is 1. The van der Waals surface area contributed by atoms with Crippen LogP contribution < -0.4 is 0 Å². The van der Waals surface area contributed by atoms with Gasteiger partial charge in [0.05, 0.1) is 0 Å². The molecule has 0 N–H and O–H groups in total. The Morgan fingerprint density at radius 3 is 2.91 bits per heavy atom. The molecule has 0 saturated carbocycles. The van der Waals surface area contributed by atoms with E-state index >= 15 is 0 Å². The van der Waals surface area contributed by atoms with Crippen molar-refractivity contribution in [1.82, 2.24) is 0 Å². The van der Waals surface area contributed by atoms with Gasteiger partial charge in [-0.15, -0.1) is 0 Å². The summed E-state index contributed by atoms with van der Waals surface area (Å²) in [5, 5.41) is 0.832. The van der Waals surface area contributed by atoms with Crippen LogP contribution in [0.15, 0.2) is 24.8 Å². The third-order valence-corrected chi connectivity index (χ3v) is 2.38. The van der Waals surface area contributed by atoms with E-state index in [2.05, 4.69) is 12.6 Å². The van der Waals surface area contributed by atoms with Crippen LogP contribution in [-0.2, 0) is 6.42 Å². The van der Waals surface area contributed by atoms with E-state index in [0.29, 0.717) is 0 Å². The van der Waals surface area contributed by atoms with Crippen molar-refractivity contribution in [2.24, 2.45) is 0 Å². The van der Waals surface area contributed by atoms with Gasteiger partial charge in [0.25, 0.3) is 0 Å². The van der Waals surface area contributed by atoms with E-state index in [-0.39, 0.29) is 0 Å². The van der Waals surface area contributed by atoms with Gasteiger partial charge in [0.15, 0.2) is 0 Å². The third-order valence-electron chi connectivity index (χ3n) is 2.14. The minimum atomic E-state index is 0.832. The molecule has 0 spiro atoms. The van der Waals surface area contributed by atoms with Gasteiger partial charge in [-0.1, -0.05) is 24.2 Å². The molecule has 0 nitrogen and oxygen atoms in total. The second-order valence-corrected chi connectivity index (χ2v) is 3.34. The number of fused-ring (bicyclic) bond motifs is 1. The van der Waals surface area contributed by atoms with E-state index < -0.39 is 0 Å². The van der Waals surface area contributed by atoms with Gasteiger partial charge in [-0.05, 0) is 41.7 Å². The van der Waals surface area contributed by atoms with Crippen LogP contribution in [0.1, 0.15) is 17.5 Å². The Hall–Kier alpha value is -0.750. The highest BCUT2D eigenvalue weighted by Gasteiger charge is 2.13. The van der Waals surface area contributed by atoms with E-state index in [4.69, 9.17) is 11.6 Å². The summed E-state index contributed by atoms with van der Waals surface area (Å²) >= 11 is 5.84. The maximum Gasteiger partial charge on any atom is 0.0409 e. The molecule has 0 atom stereocenters. The van der Waals surface area contributed by atoms with Gasteiger partial charge in [0, 0.05) is 5.02 Å². The lowest BCUT2D eigenvalue weighted by atomic mass is 10.1. The molecule has 0 heterocycles. The smallest absolute Gasteiger partial charge is 0.0409 e. The molecule has 0 aromatic heterocycles. The standard InChI is InChI=1S/C10H9Cl/c1-7-2-3-8-6-9(11)4-5-10(7)8/h4-6H,1-3H2. The van der Waals surface area contributed by atoms with Crippen molar-refractivity contribution in [3.8, 4) is 0 Å². The normalized spacial score (nSPS) is 15.2. The van der Waals surface area contributed by atoms with Gasteiger partial charge in [-0.3, -0.25) is 0 Å². The molecule has 0 amide bonds. The van der Waals surface area contributed by atoms with Crippen molar-refractivity contribution >= 4 is 17.2 Å². The fourth-order valence-corrected chi connectivity index (χ4v) is 1.73. The van der Waals surface area contributed by atoms with Crippen LogP contribution in [-0.4, -0.2) is 0 Å². The monoisotopic (exact) mass is 164 g/mol. The van der Waals surface area contributed by atoms with Crippen molar-refractivity contribution in [3.05, 3.63) is 40.9 Å². The Morgan fingerprint density at radius 2 is 2.09 bits per heavy atom. The summed E-state index contributed by atoms with van der Waals surface area (Å²) in [7, 11) is 0. The van der Waals surface area contributed by atoms with Crippen molar-refractivity contribution in [3.63, 3.8) is 0 Å². The quantitative estimate of drug-likeness (QED) is 0.552. The van der Waals surface area contributed by atoms with E-state index in [1.807, 2.05) is 12.1 Å². The molecule has 1 heteroatoms. The number of rotatable bonds is 0. The van der Waals surface area contributed by atoms with Gasteiger partial charge in [-0.25, -0.2) is 0 Å². The lowest BCUT2D eigenvalue weighted by Gasteiger charge is -1.98. The Bertz CT molecular complexity index is 313. The second-order valence-electron chi connectivity index (χ2n) is 2.91. The molecule has 1 aliphatic rings. The molecule has 1 aromatic rings. The molecule has 0 fully saturated rings. The molecule has 0 aliphatic heterocycles. The minimum absolute atomic E-state index is 0.832. The lowest BCUT2D eigenvalue weighted by Crippen LogP contribution is -1.78. The fraction of sp³-hybridized carbons (Fsp3) is 0.200. The fourth-order valence-electron chi connectivity index (χ4n) is 1.53. The molecule has 1 aliphatic carbocycles. The van der Waals surface area contributed by atoms with Crippen LogP contribution in [0.3, 0.4) is 0 Å². The first kappa shape index (κ1) is 6.93. The van der Waals surface area contributed by atoms with Gasteiger partial charge >= 0.3 is 0 Å². The highest BCUT2D eigenvalue weighted by atomic mass is 35.5. The van der Waals surface area contributed by atoms with Crippen molar-refractivity contribution < 1.29 is 0 Å². The molecule has 56 valence electrons. The number of allylic oxidation sites excluding steroid dienone is 1. The first-order chi connectivity index (χ1) is 5.27. The van der Waals surface area contributed by atoms with Gasteiger partial charge in [0.2, 0.25) is 0 Å². The summed E-state index contributed by atoms with van der Waals surface area (Å²) in [6.07, 6.45) is 2.20. The summed E-state index contributed by atoms with van der Waals surface area (Å²) in [4.78, 5) is 0. The molecule has 1 aromatic carbocycles. The van der Waals surface area contributed by atoms with Crippen molar-refractivity contribution in [2.45, 2.75) is 12.8 Å². The molecule has 0 unspecified atom stereocenters. The first-order valence-corrected chi connectivity index (χ1v) is 4.12. The van der Waals surface area contributed by atoms with Gasteiger partial charge in [0.1, 0.15) is 0 Å². The van der Waals surface area contributed by atoms with Crippen molar-refractivity contribution in [2.75, 3.05) is 0 Å². The summed E-state index contributed by atoms with van der Waals surface area (Å²) in [5.74, 6) is 0. The summed E-state index contributed by atoms with van der Waals surface area (Å²) < 4.78 is 0. The predicted octanol–water partition coefficient (Wildman–Crippen LogP) is 3.30. The topological polar surface area (TPSA) is 0 Å². The maximum atomic E-state index is 5.84. The number of aryl methyl sites for hydroxylation is 1. The molecule has 0 bridgehead atoms. The van der Waals surface area contributed by atoms with E-state index in [0.717, 1.165) is 17.9 Å². The maximum absolute atomic E-state index is 5.84. The highest BCUT2D eigenvalue weighted by molar-refractivity contribution is 6.30. The Kier molecular flexibility index (Phi) is 1.50. The summed E-state index contributed by atoms with van der Waals surface area (Å²) in [5.41, 5.74) is 3.90. The minimum Gasteiger partial charge on any atom is -0.0952 e. The molecule has 0 saturated heterocycles. The van der Waals surface area contributed by atoms with Gasteiger partial charge < -0.3 is 0 Å². The molecular formula is C10H9Cl. The number of hydrogen-bond donors (Lipinski definition) is 0. The Morgan fingerprint density at radius 1 is 1.27 bits per heavy atom. The average Bonchev–Trinajstić information content (AvgIpc) is 2.32. The van der Waals surface area contributed by atoms with Gasteiger partial charge in [-0.2, -0.15) is 0 Å². The predicted molar refractivity (Wildman–Crippen MR) is 48.8 cm³/mol. The van der Waals surface area contributed by atoms with Crippen LogP contribution in [0.4, 0.5) is 0 Å². The Balaban J connectivity index is 2.59. The third kappa shape index (κ3) is 1.08. The largest absolute Gasteiger partial charge is 0.0952 e. The number of hydrogen-bond acceptors (Lipinski definition) is 0.